The summed E-state index contributed by atoms with van der Waals surface area (Å²) in [5.41, 5.74) is 1.77. The first-order valence-electron chi connectivity index (χ1n) is 11.0. The second-order valence-corrected chi connectivity index (χ2v) is 11.9. The van der Waals surface area contributed by atoms with Gasteiger partial charge in [0.25, 0.3) is 0 Å². The number of anilines is 1. The molecule has 4 rings (SSSR count). The second-order valence-electron chi connectivity index (χ2n) is 8.98. The van der Waals surface area contributed by atoms with Gasteiger partial charge >= 0.3 is 12.2 Å². The van der Waals surface area contributed by atoms with Crippen molar-refractivity contribution in [2.24, 2.45) is 0 Å². The zero-order chi connectivity index (χ0) is 25.2. The molecule has 8 nitrogen and oxygen atoms in total. The smallest absolute Gasteiger partial charge is 0.412 e. The number of hydrogen-bond donors (Lipinski definition) is 2. The molecule has 0 unspecified atom stereocenters. The number of ether oxygens (including phenoxy) is 1. The van der Waals surface area contributed by atoms with Crippen LogP contribution in [0.2, 0.25) is 0 Å². The number of pyridine rings is 1. The van der Waals surface area contributed by atoms with Crippen molar-refractivity contribution < 1.29 is 19.4 Å². The molecule has 35 heavy (non-hydrogen) atoms. The summed E-state index contributed by atoms with van der Waals surface area (Å²) in [4.78, 5) is 32.3. The summed E-state index contributed by atoms with van der Waals surface area (Å²) >= 11 is 4.18. The first kappa shape index (κ1) is 25.1. The van der Waals surface area contributed by atoms with Gasteiger partial charge in [-0.1, -0.05) is 12.1 Å². The van der Waals surface area contributed by atoms with E-state index < -0.39 is 17.8 Å². The van der Waals surface area contributed by atoms with E-state index in [1.807, 2.05) is 63.4 Å². The first-order chi connectivity index (χ1) is 16.6. The third-order valence-electron chi connectivity index (χ3n) is 4.92. The Balaban J connectivity index is 1.71. The first-order valence-corrected chi connectivity index (χ1v) is 13.4. The highest BCUT2D eigenvalue weighted by Crippen LogP contribution is 2.45. The van der Waals surface area contributed by atoms with E-state index >= 15 is 0 Å². The van der Waals surface area contributed by atoms with Crippen molar-refractivity contribution in [3.8, 4) is 11.3 Å². The lowest BCUT2D eigenvalue weighted by atomic mass is 10.1. The van der Waals surface area contributed by atoms with Gasteiger partial charge in [0.05, 0.1) is 16.9 Å². The molecular formula is C24H26N4O4S3. The van der Waals surface area contributed by atoms with Gasteiger partial charge in [-0.25, -0.2) is 9.59 Å². The van der Waals surface area contributed by atoms with Crippen LogP contribution in [0.1, 0.15) is 37.4 Å². The lowest BCUT2D eigenvalue weighted by Crippen LogP contribution is -2.38. The fraction of sp³-hybridized carbons (Fsp3) is 0.333. The van der Waals surface area contributed by atoms with Crippen LogP contribution in [-0.4, -0.2) is 38.3 Å². The Labute approximate surface area is 215 Å². The molecule has 0 aliphatic heterocycles. The minimum atomic E-state index is -1.03. The predicted octanol–water partition coefficient (Wildman–Crippen LogP) is 6.62. The molecule has 4 aromatic rings. The van der Waals surface area contributed by atoms with E-state index in [0.29, 0.717) is 11.4 Å². The SMILES string of the molecule is C[C@@H](Cc1sc2c(N(Cc3cccs3)C(=O)O)snc2c1-c1ccccn1)NC(=O)OC(C)(C)C. The van der Waals surface area contributed by atoms with Crippen LogP contribution in [0.4, 0.5) is 14.6 Å². The Morgan fingerprint density at radius 1 is 1.23 bits per heavy atom. The summed E-state index contributed by atoms with van der Waals surface area (Å²) in [7, 11) is 0. The quantitative estimate of drug-likeness (QED) is 0.278. The van der Waals surface area contributed by atoms with Crippen LogP contribution < -0.4 is 10.2 Å². The molecule has 2 amide bonds. The third-order valence-corrected chi connectivity index (χ3v) is 7.99. The minimum absolute atomic E-state index is 0.219. The molecule has 0 saturated heterocycles. The maximum absolute atomic E-state index is 12.3. The van der Waals surface area contributed by atoms with Crippen molar-refractivity contribution in [2.75, 3.05) is 4.90 Å². The normalized spacial score (nSPS) is 12.5. The maximum Gasteiger partial charge on any atom is 0.412 e. The number of aromatic nitrogens is 2. The summed E-state index contributed by atoms with van der Waals surface area (Å²) in [6.45, 7) is 7.63. The Morgan fingerprint density at radius 3 is 2.66 bits per heavy atom. The zero-order valence-electron chi connectivity index (χ0n) is 19.8. The standard InChI is InChI=1S/C24H26N4O4S3/c1-14(26-22(29)32-24(2,3)4)12-17-18(16-9-5-6-10-25-16)19-20(34-17)21(35-27-19)28(23(30)31)13-15-8-7-11-33-15/h5-11,14H,12-13H2,1-4H3,(H,26,29)(H,30,31)/t14-/m0/s1. The van der Waals surface area contributed by atoms with Crippen molar-refractivity contribution in [1.29, 1.82) is 0 Å². The Kier molecular flexibility index (Phi) is 7.39. The molecule has 184 valence electrons. The minimum Gasteiger partial charge on any atom is -0.465 e. The summed E-state index contributed by atoms with van der Waals surface area (Å²) in [6.07, 6.45) is 0.736. The van der Waals surface area contributed by atoms with Gasteiger partial charge in [0, 0.05) is 34.0 Å². The number of nitrogens with one attached hydrogen (secondary N) is 1. The van der Waals surface area contributed by atoms with Gasteiger partial charge in [0.2, 0.25) is 0 Å². The Hall–Kier alpha value is -3.02. The van der Waals surface area contributed by atoms with Crippen LogP contribution in [0.5, 0.6) is 0 Å². The van der Waals surface area contributed by atoms with Gasteiger partial charge in [-0.05, 0) is 62.8 Å². The van der Waals surface area contributed by atoms with Crippen LogP contribution in [0.3, 0.4) is 0 Å². The molecule has 0 radical (unpaired) electrons. The molecule has 0 spiro atoms. The van der Waals surface area contributed by atoms with Crippen LogP contribution in [0.25, 0.3) is 21.5 Å². The second kappa shape index (κ2) is 10.3. The summed E-state index contributed by atoms with van der Waals surface area (Å²) in [6, 6.07) is 9.27. The van der Waals surface area contributed by atoms with E-state index in [1.54, 1.807) is 6.20 Å². The highest BCUT2D eigenvalue weighted by molar-refractivity contribution is 7.25. The van der Waals surface area contributed by atoms with E-state index in [9.17, 15) is 14.7 Å². The fourth-order valence-electron chi connectivity index (χ4n) is 3.54. The molecule has 0 aliphatic rings. The lowest BCUT2D eigenvalue weighted by Gasteiger charge is -2.22. The van der Waals surface area contributed by atoms with Gasteiger partial charge in [-0.3, -0.25) is 9.88 Å². The maximum atomic E-state index is 12.3. The molecular weight excluding hydrogens is 504 g/mol. The van der Waals surface area contributed by atoms with E-state index in [2.05, 4.69) is 14.7 Å². The average molecular weight is 531 g/mol. The number of carbonyl (C=O) groups is 2. The number of hydrogen-bond acceptors (Lipinski definition) is 8. The summed E-state index contributed by atoms with van der Waals surface area (Å²) in [5, 5.41) is 15.4. The Morgan fingerprint density at radius 2 is 2.03 bits per heavy atom. The van der Waals surface area contributed by atoms with Crippen LogP contribution in [0.15, 0.2) is 41.9 Å². The average Bonchev–Trinajstić information content (AvgIpc) is 3.48. The lowest BCUT2D eigenvalue weighted by molar-refractivity contribution is 0.0508. The predicted molar refractivity (Wildman–Crippen MR) is 142 cm³/mol. The number of fused-ring (bicyclic) bond motifs is 1. The van der Waals surface area contributed by atoms with E-state index in [0.717, 1.165) is 31.2 Å². The van der Waals surface area contributed by atoms with Gasteiger partial charge in [0.15, 0.2) is 0 Å². The van der Waals surface area contributed by atoms with Gasteiger partial charge in [-0.2, -0.15) is 4.37 Å². The van der Waals surface area contributed by atoms with E-state index in [4.69, 9.17) is 4.74 Å². The van der Waals surface area contributed by atoms with Crippen molar-refractivity contribution in [3.05, 3.63) is 51.7 Å². The monoisotopic (exact) mass is 530 g/mol. The van der Waals surface area contributed by atoms with Gasteiger partial charge < -0.3 is 15.2 Å². The van der Waals surface area contributed by atoms with Crippen molar-refractivity contribution in [1.82, 2.24) is 14.7 Å². The largest absolute Gasteiger partial charge is 0.465 e. The molecule has 0 aliphatic carbocycles. The molecule has 0 aromatic carbocycles. The Bertz CT molecular complexity index is 1310. The molecule has 4 heterocycles. The third kappa shape index (κ3) is 5.98. The number of carboxylic acid groups (broad SMARTS) is 1. The molecule has 4 aromatic heterocycles. The van der Waals surface area contributed by atoms with Gasteiger partial charge in [-0.15, -0.1) is 22.7 Å². The van der Waals surface area contributed by atoms with Crippen LogP contribution in [0, 0.1) is 0 Å². The van der Waals surface area contributed by atoms with E-state index in [1.165, 1.54) is 39.1 Å². The van der Waals surface area contributed by atoms with Crippen LogP contribution >= 0.6 is 34.2 Å². The summed E-state index contributed by atoms with van der Waals surface area (Å²) < 4.78 is 10.9. The van der Waals surface area contributed by atoms with Crippen LogP contribution in [-0.2, 0) is 17.7 Å². The molecule has 2 N–H and O–H groups in total. The fourth-order valence-corrected chi connectivity index (χ4v) is 6.64. The number of carbonyl (C=O) groups excluding carboxylic acids is 1. The molecule has 0 fully saturated rings. The van der Waals surface area contributed by atoms with Crippen molar-refractivity contribution >= 4 is 61.6 Å². The molecule has 1 atom stereocenters. The molecule has 0 bridgehead atoms. The van der Waals surface area contributed by atoms with Crippen molar-refractivity contribution in [2.45, 2.75) is 52.3 Å². The highest BCUT2D eigenvalue weighted by atomic mass is 32.1. The van der Waals surface area contributed by atoms with Gasteiger partial charge in [0.1, 0.15) is 16.1 Å². The number of rotatable bonds is 7. The number of nitrogens with zero attached hydrogens (tertiary/aromatic N) is 3. The molecule has 0 saturated carbocycles. The van der Waals surface area contributed by atoms with E-state index in [-0.39, 0.29) is 12.6 Å². The number of alkyl carbamates (subject to hydrolysis) is 1. The number of amides is 2. The van der Waals surface area contributed by atoms with Crippen molar-refractivity contribution in [3.63, 3.8) is 0 Å². The zero-order valence-corrected chi connectivity index (χ0v) is 22.2. The summed E-state index contributed by atoms with van der Waals surface area (Å²) in [5.74, 6) is 0. The number of thiophene rings is 2. The highest BCUT2D eigenvalue weighted by Gasteiger charge is 2.27. The molecule has 11 heteroatoms. The topological polar surface area (TPSA) is 105 Å².